The zero-order valence-electron chi connectivity index (χ0n) is 19.5. The lowest BCUT2D eigenvalue weighted by Crippen LogP contribution is -2.33. The highest BCUT2D eigenvalue weighted by molar-refractivity contribution is 7.70. The molecule has 37 heavy (non-hydrogen) atoms. The summed E-state index contributed by atoms with van der Waals surface area (Å²) in [5.41, 5.74) is 0.597. The van der Waals surface area contributed by atoms with Crippen molar-refractivity contribution in [1.29, 1.82) is 5.26 Å². The molecule has 15 nitrogen and oxygen atoms in total. The summed E-state index contributed by atoms with van der Waals surface area (Å²) in [4.78, 5) is 27.1. The highest BCUT2D eigenvalue weighted by atomic mass is 35.5. The number of aliphatic hydroxyl groups excluding tert-OH is 2. The third-order valence-electron chi connectivity index (χ3n) is 6.01. The van der Waals surface area contributed by atoms with Gasteiger partial charge in [-0.3, -0.25) is 9.13 Å². The number of aromatic nitrogens is 4. The molecule has 3 heterocycles. The Balaban J connectivity index is 1.51. The lowest BCUT2D eigenvalue weighted by atomic mass is 10.1. The van der Waals surface area contributed by atoms with Crippen molar-refractivity contribution in [2.75, 3.05) is 24.4 Å². The van der Waals surface area contributed by atoms with Gasteiger partial charge in [0.15, 0.2) is 17.4 Å². The average molecular weight is 581 g/mol. The van der Waals surface area contributed by atoms with Crippen molar-refractivity contribution in [3.63, 3.8) is 0 Å². The second kappa shape index (κ2) is 11.6. The number of fused-ring (bicyclic) bond motifs is 1. The van der Waals surface area contributed by atoms with E-state index in [1.165, 1.54) is 10.7 Å². The second-order valence-corrected chi connectivity index (χ2v) is 13.3. The van der Waals surface area contributed by atoms with Gasteiger partial charge in [0.25, 0.3) is 0 Å². The summed E-state index contributed by atoms with van der Waals surface area (Å²) in [6.45, 7) is -1.01. The fourth-order valence-electron chi connectivity index (χ4n) is 4.32. The van der Waals surface area contributed by atoms with Gasteiger partial charge in [0.2, 0.25) is 5.28 Å². The van der Waals surface area contributed by atoms with Gasteiger partial charge in [-0.2, -0.15) is 10.2 Å². The summed E-state index contributed by atoms with van der Waals surface area (Å²) >= 11 is 6.13. The van der Waals surface area contributed by atoms with Crippen molar-refractivity contribution >= 4 is 38.3 Å². The zero-order valence-corrected chi connectivity index (χ0v) is 22.0. The monoisotopic (exact) mass is 580 g/mol. The molecule has 1 saturated heterocycles. The molecule has 1 aliphatic heterocycles. The normalized spacial score (nSPS) is 26.4. The molecule has 5 N–H and O–H groups in total. The van der Waals surface area contributed by atoms with E-state index >= 15 is 0 Å². The van der Waals surface area contributed by atoms with Crippen LogP contribution in [0.1, 0.15) is 43.9 Å². The molecule has 1 saturated carbocycles. The molecular formula is C19H27ClN6O9P2. The van der Waals surface area contributed by atoms with E-state index in [0.717, 1.165) is 25.7 Å². The van der Waals surface area contributed by atoms with Gasteiger partial charge in [-0.15, -0.1) is 5.10 Å². The van der Waals surface area contributed by atoms with Crippen molar-refractivity contribution < 1.29 is 42.9 Å². The van der Waals surface area contributed by atoms with Crippen LogP contribution in [0.5, 0.6) is 0 Å². The maximum absolute atomic E-state index is 12.9. The first-order valence-electron chi connectivity index (χ1n) is 11.5. The summed E-state index contributed by atoms with van der Waals surface area (Å²) < 4.78 is 41.5. The fourth-order valence-corrected chi connectivity index (χ4v) is 7.76. The number of nitrogens with zero attached hydrogens (tertiary/aromatic N) is 5. The Labute approximate surface area is 216 Å². The zero-order chi connectivity index (χ0) is 26.8. The lowest BCUT2D eigenvalue weighted by Gasteiger charge is -2.21. The first-order chi connectivity index (χ1) is 17.5. The molecule has 2 aromatic rings. The molecule has 2 aliphatic rings. The molecule has 0 radical (unpaired) electrons. The smallest absolute Gasteiger partial charge is 0.342 e. The number of aliphatic hydroxyl groups is 2. The Morgan fingerprint density at radius 2 is 1.97 bits per heavy atom. The van der Waals surface area contributed by atoms with E-state index in [1.807, 2.05) is 0 Å². The van der Waals surface area contributed by atoms with Gasteiger partial charge < -0.3 is 39.1 Å². The first-order valence-corrected chi connectivity index (χ1v) is 15.4. The van der Waals surface area contributed by atoms with E-state index in [1.54, 1.807) is 6.07 Å². The summed E-state index contributed by atoms with van der Waals surface area (Å²) in [6, 6.07) is 1.96. The van der Waals surface area contributed by atoms with Crippen LogP contribution in [0.25, 0.3) is 5.65 Å². The van der Waals surface area contributed by atoms with Gasteiger partial charge in [-0.25, -0.2) is 9.50 Å². The lowest BCUT2D eigenvalue weighted by molar-refractivity contribution is -0.0215. The number of anilines is 1. The molecule has 0 amide bonds. The largest absolute Gasteiger partial charge is 0.387 e. The van der Waals surface area contributed by atoms with Gasteiger partial charge in [0.05, 0.1) is 37.6 Å². The van der Waals surface area contributed by atoms with Crippen LogP contribution in [0, 0.1) is 11.3 Å². The summed E-state index contributed by atoms with van der Waals surface area (Å²) in [6.07, 6.45) is -0.0333. The molecule has 2 aromatic heterocycles. The maximum atomic E-state index is 12.9. The average Bonchev–Trinajstić information content (AvgIpc) is 3.53. The van der Waals surface area contributed by atoms with E-state index in [9.17, 15) is 29.1 Å². The van der Waals surface area contributed by atoms with Gasteiger partial charge in [0, 0.05) is 6.04 Å². The van der Waals surface area contributed by atoms with Crippen molar-refractivity contribution in [2.45, 2.75) is 62.6 Å². The summed E-state index contributed by atoms with van der Waals surface area (Å²) in [5, 5.41) is 37.3. The molecule has 1 unspecified atom stereocenters. The van der Waals surface area contributed by atoms with Crippen LogP contribution in [0.2, 0.25) is 5.28 Å². The molecule has 1 aliphatic carbocycles. The standard InChI is InChI=1S/C19H27ClN6O9P2/c20-19-24-17(23-11-4-1-2-5-11)18-22-8-12(26(18)25-19)16-15(28)14(27)13(35-16)9-34-37(32,10-36(29,30)31)33-7-3-6-21/h8,11,13-16,27-28H,1-5,7,9-10H2,(H,23,24,25)(H2,29,30,31)/t13-,14-,15-,16+,37?/m1/s1. The third kappa shape index (κ3) is 6.85. The number of halogens is 1. The predicted octanol–water partition coefficient (Wildman–Crippen LogP) is 1.57. The quantitative estimate of drug-likeness (QED) is 0.188. The minimum Gasteiger partial charge on any atom is -0.387 e. The van der Waals surface area contributed by atoms with E-state index < -0.39 is 52.1 Å². The minimum atomic E-state index is -4.82. The number of nitriles is 1. The Bertz CT molecular complexity index is 1250. The number of imidazole rings is 1. The molecule has 204 valence electrons. The van der Waals surface area contributed by atoms with E-state index in [4.69, 9.17) is 30.6 Å². The highest BCUT2D eigenvalue weighted by Crippen LogP contribution is 2.59. The second-order valence-electron chi connectivity index (χ2n) is 8.80. The summed E-state index contributed by atoms with van der Waals surface area (Å²) in [5.74, 6) is -0.807. The van der Waals surface area contributed by atoms with Crippen molar-refractivity contribution in [2.24, 2.45) is 0 Å². The van der Waals surface area contributed by atoms with Crippen LogP contribution in [0.15, 0.2) is 6.20 Å². The van der Waals surface area contributed by atoms with Crippen LogP contribution in [-0.4, -0.2) is 83.1 Å². The number of hydrogen-bond donors (Lipinski definition) is 5. The highest BCUT2D eigenvalue weighted by Gasteiger charge is 2.46. The molecule has 0 spiro atoms. The Morgan fingerprint density at radius 1 is 1.24 bits per heavy atom. The first kappa shape index (κ1) is 28.3. The van der Waals surface area contributed by atoms with Crippen molar-refractivity contribution in [1.82, 2.24) is 19.6 Å². The molecule has 5 atom stereocenters. The number of rotatable bonds is 11. The van der Waals surface area contributed by atoms with Crippen LogP contribution in [0.4, 0.5) is 5.82 Å². The Hall–Kier alpha value is -1.69. The van der Waals surface area contributed by atoms with Gasteiger partial charge in [0.1, 0.15) is 24.4 Å². The van der Waals surface area contributed by atoms with Crippen molar-refractivity contribution in [3.05, 3.63) is 17.2 Å². The molecule has 4 rings (SSSR count). The Morgan fingerprint density at radius 3 is 2.65 bits per heavy atom. The van der Waals surface area contributed by atoms with Gasteiger partial charge >= 0.3 is 15.2 Å². The molecule has 2 fully saturated rings. The minimum absolute atomic E-state index is 0.0759. The molecule has 0 aromatic carbocycles. The summed E-state index contributed by atoms with van der Waals surface area (Å²) in [7, 11) is -9.18. The number of ether oxygens (including phenoxy) is 1. The van der Waals surface area contributed by atoms with Crippen LogP contribution < -0.4 is 5.32 Å². The third-order valence-corrected chi connectivity index (χ3v) is 10.1. The topological polar surface area (TPSA) is 222 Å². The van der Waals surface area contributed by atoms with Crippen LogP contribution >= 0.6 is 26.8 Å². The van der Waals surface area contributed by atoms with Gasteiger partial charge in [-0.1, -0.05) is 12.8 Å². The SMILES string of the molecule is N#CCCOP(=O)(CP(=O)(O)O)OC[C@H]1O[C@@H](c2cnc3c(NC4CCCC4)nc(Cl)nn23)[C@H](O)[C@@H]1O. The van der Waals surface area contributed by atoms with Crippen LogP contribution in [0.3, 0.4) is 0 Å². The maximum Gasteiger partial charge on any atom is 0.342 e. The van der Waals surface area contributed by atoms with E-state index in [2.05, 4.69) is 20.4 Å². The van der Waals surface area contributed by atoms with E-state index in [0.29, 0.717) is 11.5 Å². The van der Waals surface area contributed by atoms with Gasteiger partial charge in [-0.05, 0) is 24.4 Å². The molecule has 18 heteroatoms. The predicted molar refractivity (Wildman–Crippen MR) is 128 cm³/mol. The van der Waals surface area contributed by atoms with E-state index in [-0.39, 0.29) is 30.0 Å². The fraction of sp³-hybridized carbons (Fsp3) is 0.684. The number of nitrogens with one attached hydrogen (secondary N) is 1. The number of hydrogen-bond acceptors (Lipinski definition) is 12. The Kier molecular flexibility index (Phi) is 8.87. The molecule has 0 bridgehead atoms. The molecular weight excluding hydrogens is 554 g/mol. The van der Waals surface area contributed by atoms with Crippen molar-refractivity contribution in [3.8, 4) is 6.07 Å². The van der Waals surface area contributed by atoms with Crippen LogP contribution in [-0.2, 0) is 22.9 Å².